The molecule has 21 rings (SSSR count). The summed E-state index contributed by atoms with van der Waals surface area (Å²) in [5.74, 6) is 0. The van der Waals surface area contributed by atoms with Crippen LogP contribution in [0.2, 0.25) is 0 Å². The van der Waals surface area contributed by atoms with Crippen LogP contribution in [0.4, 0.5) is 0 Å². The summed E-state index contributed by atoms with van der Waals surface area (Å²) in [7, 11) is 0. The summed E-state index contributed by atoms with van der Waals surface area (Å²) >= 11 is 3.84. The van der Waals surface area contributed by atoms with Crippen LogP contribution in [0.15, 0.2) is 394 Å². The lowest BCUT2D eigenvalue weighted by atomic mass is 9.85. The molecule has 0 aliphatic carbocycles. The molecule has 107 heavy (non-hydrogen) atoms. The predicted molar refractivity (Wildman–Crippen MR) is 461 cm³/mol. The van der Waals surface area contributed by atoms with Gasteiger partial charge in [0.15, 0.2) is 0 Å². The Morgan fingerprint density at radius 2 is 0.402 bits per heavy atom. The van der Waals surface area contributed by atoms with E-state index < -0.39 is 0 Å². The third-order valence-electron chi connectivity index (χ3n) is 21.9. The largest absolute Gasteiger partial charge is 0.309 e. The lowest BCUT2D eigenvalue weighted by molar-refractivity contribution is 1.18. The van der Waals surface area contributed by atoms with E-state index in [1.807, 2.05) is 22.7 Å². The summed E-state index contributed by atoms with van der Waals surface area (Å²) in [6.07, 6.45) is 0. The number of rotatable bonds is 12. The molecule has 0 radical (unpaired) electrons. The molecule has 0 N–H and O–H groups in total. The van der Waals surface area contributed by atoms with Crippen molar-refractivity contribution in [1.29, 1.82) is 0 Å². The molecule has 0 unspecified atom stereocenters. The van der Waals surface area contributed by atoms with Crippen molar-refractivity contribution in [2.45, 2.75) is 0 Å². The molecule has 498 valence electrons. The summed E-state index contributed by atoms with van der Waals surface area (Å²) in [5.41, 5.74) is 29.9. The van der Waals surface area contributed by atoms with E-state index in [1.54, 1.807) is 0 Å². The smallest absolute Gasteiger partial charge is 0.0541 e. The number of benzene rings is 18. The molecule has 18 aromatic carbocycles. The minimum atomic E-state index is 1.10. The SMILES string of the molecule is c1ccc(-c2cc(-c3ccccc3)c3sc4c(-c5ccc6c(c5)c5cc(-c7cc(-c8ccccc8)cc8c7sc7c(-c9ccccc9)cc(-c9ccccc9)cc78)ccc5n6-c5ccc(-c6ccc7c(-c8ccccc8)c8ccccc8c(-c8ccccc8)c7c6)cc5)cc(-c5ccccc5)cc4c3c2)cc1. The van der Waals surface area contributed by atoms with Crippen molar-refractivity contribution >= 4 is 106 Å². The van der Waals surface area contributed by atoms with Crippen LogP contribution in [-0.4, -0.2) is 4.57 Å². The van der Waals surface area contributed by atoms with Crippen molar-refractivity contribution in [2.75, 3.05) is 0 Å². The number of nitrogens with zero attached hydrogens (tertiary/aromatic N) is 1. The summed E-state index contributed by atoms with van der Waals surface area (Å²) < 4.78 is 7.61. The first-order chi connectivity index (χ1) is 53.0. The minimum Gasteiger partial charge on any atom is -0.309 e. The molecule has 0 saturated carbocycles. The first-order valence-corrected chi connectivity index (χ1v) is 38.4. The summed E-state index contributed by atoms with van der Waals surface area (Å²) in [6.45, 7) is 0. The van der Waals surface area contributed by atoms with Gasteiger partial charge in [0.05, 0.1) is 11.0 Å². The van der Waals surface area contributed by atoms with Crippen LogP contribution in [0.1, 0.15) is 0 Å². The van der Waals surface area contributed by atoms with Crippen LogP contribution in [0, 0.1) is 0 Å². The number of hydrogen-bond donors (Lipinski definition) is 0. The molecule has 3 heteroatoms. The maximum absolute atomic E-state index is 2.51. The van der Waals surface area contributed by atoms with Gasteiger partial charge in [-0.1, -0.05) is 303 Å². The average Bonchev–Trinajstić information content (AvgIpc) is 1.50. The van der Waals surface area contributed by atoms with E-state index in [-0.39, 0.29) is 0 Å². The van der Waals surface area contributed by atoms with E-state index in [4.69, 9.17) is 0 Å². The fourth-order valence-corrected chi connectivity index (χ4v) is 19.5. The second-order valence-corrected chi connectivity index (χ2v) is 30.2. The Kier molecular flexibility index (Phi) is 15.0. The Morgan fingerprint density at radius 3 is 0.757 bits per heavy atom. The monoisotopic (exact) mass is 1390 g/mol. The molecule has 21 aromatic rings. The maximum atomic E-state index is 2.51. The van der Waals surface area contributed by atoms with Gasteiger partial charge in [0.1, 0.15) is 0 Å². The fraction of sp³-hybridized carbons (Fsp3) is 0. The van der Waals surface area contributed by atoms with Crippen molar-refractivity contribution in [1.82, 2.24) is 4.57 Å². The van der Waals surface area contributed by atoms with Crippen molar-refractivity contribution in [3.8, 4) is 128 Å². The van der Waals surface area contributed by atoms with Crippen LogP contribution in [0.3, 0.4) is 0 Å². The topological polar surface area (TPSA) is 4.93 Å². The van der Waals surface area contributed by atoms with Crippen molar-refractivity contribution in [3.05, 3.63) is 394 Å². The van der Waals surface area contributed by atoms with Gasteiger partial charge in [0.25, 0.3) is 0 Å². The molecule has 1 nitrogen and oxygen atoms in total. The van der Waals surface area contributed by atoms with E-state index in [0.717, 1.165) is 22.3 Å². The summed E-state index contributed by atoms with van der Waals surface area (Å²) in [5, 5.41) is 12.4. The standard InChI is InChI=1S/C104H65NS2/c1-9-27-66(28-10-1)78-58-86(71-35-17-5-18-36-71)101-93(62-78)95-64-80(68-31-13-3-14-32-68)60-88(103(95)106-101)76-48-53-97-90(56-76)91-57-77(89-61-81(69-33-15-4-16-34-69)65-96-94-63-79(67-29-11-2-12-30-67)59-87(102(94)107-104(89)96)72-37-19-6-20-38-72)49-54-98(91)105(97)82-50-45-70(46-51-82)75-47-52-85-92(55-75)100(74-41-23-8-24-42-74)84-44-26-25-43-83(84)99(85)73-39-21-7-22-40-73/h1-65H. The van der Waals surface area contributed by atoms with E-state index in [1.165, 1.54) is 189 Å². The highest BCUT2D eigenvalue weighted by Gasteiger charge is 2.25. The molecule has 0 saturated heterocycles. The zero-order valence-electron chi connectivity index (χ0n) is 58.3. The molecular formula is C104H65NS2. The van der Waals surface area contributed by atoms with Gasteiger partial charge in [-0.3, -0.25) is 0 Å². The zero-order valence-corrected chi connectivity index (χ0v) is 59.9. The molecule has 0 aliphatic rings. The Labute approximate surface area is 628 Å². The highest BCUT2D eigenvalue weighted by Crippen LogP contribution is 2.52. The molecule has 0 fully saturated rings. The van der Waals surface area contributed by atoms with Crippen molar-refractivity contribution in [3.63, 3.8) is 0 Å². The Hall–Kier alpha value is -13.3. The number of hydrogen-bond acceptors (Lipinski definition) is 2. The minimum absolute atomic E-state index is 1.10. The normalized spacial score (nSPS) is 11.7. The number of aromatic nitrogens is 1. The Bertz CT molecular complexity index is 6720. The molecule has 0 amide bonds. The van der Waals surface area contributed by atoms with Gasteiger partial charge >= 0.3 is 0 Å². The molecule has 0 aliphatic heterocycles. The van der Waals surface area contributed by atoms with Gasteiger partial charge in [-0.2, -0.15) is 0 Å². The highest BCUT2D eigenvalue weighted by molar-refractivity contribution is 7.27. The molecule has 0 spiro atoms. The number of fused-ring (bicyclic) bond motifs is 11. The van der Waals surface area contributed by atoms with Crippen LogP contribution in [-0.2, 0) is 0 Å². The predicted octanol–water partition coefficient (Wildman–Crippen LogP) is 30.2. The zero-order chi connectivity index (χ0) is 70.5. The van der Waals surface area contributed by atoms with E-state index in [9.17, 15) is 0 Å². The van der Waals surface area contributed by atoms with Crippen LogP contribution < -0.4 is 0 Å². The van der Waals surface area contributed by atoms with Crippen molar-refractivity contribution in [2.24, 2.45) is 0 Å². The van der Waals surface area contributed by atoms with Gasteiger partial charge in [-0.15, -0.1) is 22.7 Å². The van der Waals surface area contributed by atoms with Gasteiger partial charge in [-0.25, -0.2) is 0 Å². The molecule has 0 bridgehead atoms. The lowest BCUT2D eigenvalue weighted by Gasteiger charge is -2.19. The summed E-state index contributed by atoms with van der Waals surface area (Å²) in [4.78, 5) is 0. The average molecular weight is 1390 g/mol. The first kappa shape index (κ1) is 62.3. The van der Waals surface area contributed by atoms with Gasteiger partial charge in [0.2, 0.25) is 0 Å². The first-order valence-electron chi connectivity index (χ1n) is 36.8. The van der Waals surface area contributed by atoms with Crippen LogP contribution >= 0.6 is 22.7 Å². The van der Waals surface area contributed by atoms with Gasteiger partial charge in [0, 0.05) is 79.1 Å². The Morgan fingerprint density at radius 1 is 0.150 bits per heavy atom. The van der Waals surface area contributed by atoms with Crippen molar-refractivity contribution < 1.29 is 0 Å². The molecular weight excluding hydrogens is 1330 g/mol. The second-order valence-electron chi connectivity index (χ2n) is 28.1. The molecule has 0 atom stereocenters. The van der Waals surface area contributed by atoms with E-state index >= 15 is 0 Å². The third kappa shape index (κ3) is 10.7. The lowest BCUT2D eigenvalue weighted by Crippen LogP contribution is -1.94. The second kappa shape index (κ2) is 25.8. The van der Waals surface area contributed by atoms with E-state index in [2.05, 4.69) is 399 Å². The van der Waals surface area contributed by atoms with Crippen LogP contribution in [0.25, 0.3) is 212 Å². The summed E-state index contributed by atoms with van der Waals surface area (Å²) in [6, 6.07) is 147. The third-order valence-corrected chi connectivity index (χ3v) is 24.5. The van der Waals surface area contributed by atoms with Crippen LogP contribution in [0.5, 0.6) is 0 Å². The molecule has 3 aromatic heterocycles. The maximum Gasteiger partial charge on any atom is 0.0541 e. The molecule has 3 heterocycles. The van der Waals surface area contributed by atoms with E-state index in [0.29, 0.717) is 0 Å². The fourth-order valence-electron chi connectivity index (χ4n) is 16.9. The Balaban J connectivity index is 0.799. The number of thiophene rings is 2. The van der Waals surface area contributed by atoms with Gasteiger partial charge < -0.3 is 4.57 Å². The highest BCUT2D eigenvalue weighted by atomic mass is 32.1. The van der Waals surface area contributed by atoms with Gasteiger partial charge in [-0.05, 0) is 213 Å². The quantitative estimate of drug-likeness (QED) is 0.107.